The van der Waals surface area contributed by atoms with Gasteiger partial charge in [0.25, 0.3) is 0 Å². The van der Waals surface area contributed by atoms with Crippen LogP contribution < -0.4 is 0 Å². The molecular weight excluding hydrogens is 264 g/mol. The average Bonchev–Trinajstić information content (AvgIpc) is 2.70. The van der Waals surface area contributed by atoms with E-state index in [0.717, 1.165) is 0 Å². The minimum absolute atomic E-state index is 0.00700. The van der Waals surface area contributed by atoms with Crippen molar-refractivity contribution in [2.75, 3.05) is 6.54 Å². The van der Waals surface area contributed by atoms with Gasteiger partial charge in [0, 0.05) is 31.3 Å². The molecule has 3 nitrogen and oxygen atoms in total. The lowest BCUT2D eigenvalue weighted by Gasteiger charge is -2.38. The van der Waals surface area contributed by atoms with Crippen molar-refractivity contribution in [3.8, 4) is 0 Å². The zero-order chi connectivity index (χ0) is 15.1. The van der Waals surface area contributed by atoms with Gasteiger partial charge in [-0.1, -0.05) is 20.8 Å². The summed E-state index contributed by atoms with van der Waals surface area (Å²) in [5.74, 6) is -2.95. The summed E-state index contributed by atoms with van der Waals surface area (Å²) in [6.07, 6.45) is 0.219. The first-order valence-corrected chi connectivity index (χ1v) is 7.46. The molecule has 1 amide bonds. The molecule has 0 aromatic heterocycles. The topological polar surface area (TPSA) is 40.5 Å². The first kappa shape index (κ1) is 15.7. The van der Waals surface area contributed by atoms with Crippen molar-refractivity contribution >= 4 is 5.91 Å². The van der Waals surface area contributed by atoms with Crippen LogP contribution in [0.1, 0.15) is 52.9 Å². The number of rotatable bonds is 1. The van der Waals surface area contributed by atoms with Crippen molar-refractivity contribution in [1.82, 2.24) is 4.90 Å². The molecule has 116 valence electrons. The van der Waals surface area contributed by atoms with E-state index in [-0.39, 0.29) is 49.0 Å². The van der Waals surface area contributed by atoms with E-state index in [4.69, 9.17) is 0 Å². The van der Waals surface area contributed by atoms with Gasteiger partial charge < -0.3 is 10.0 Å². The number of aliphatic hydroxyl groups is 1. The van der Waals surface area contributed by atoms with Gasteiger partial charge >= 0.3 is 0 Å². The molecular formula is C15H25F2NO2. The maximum absolute atomic E-state index is 13.2. The van der Waals surface area contributed by atoms with Crippen molar-refractivity contribution in [2.24, 2.45) is 11.3 Å². The van der Waals surface area contributed by atoms with Crippen molar-refractivity contribution in [1.29, 1.82) is 0 Å². The van der Waals surface area contributed by atoms with Crippen molar-refractivity contribution in [2.45, 2.75) is 70.9 Å². The summed E-state index contributed by atoms with van der Waals surface area (Å²) in [4.78, 5) is 14.3. The molecule has 0 spiro atoms. The summed E-state index contributed by atoms with van der Waals surface area (Å²) in [6.45, 7) is 6.48. The van der Waals surface area contributed by atoms with Crippen LogP contribution in [-0.4, -0.2) is 40.5 Å². The van der Waals surface area contributed by atoms with Crippen LogP contribution in [0.4, 0.5) is 8.78 Å². The third-order valence-corrected chi connectivity index (χ3v) is 4.63. The molecule has 1 unspecified atom stereocenters. The number of carbonyl (C=O) groups is 1. The van der Waals surface area contributed by atoms with E-state index in [2.05, 4.69) is 0 Å². The van der Waals surface area contributed by atoms with Crippen LogP contribution in [0.25, 0.3) is 0 Å². The highest BCUT2D eigenvalue weighted by Crippen LogP contribution is 2.39. The maximum Gasteiger partial charge on any atom is 0.248 e. The highest BCUT2D eigenvalue weighted by Gasteiger charge is 2.45. The van der Waals surface area contributed by atoms with Crippen molar-refractivity contribution in [3.05, 3.63) is 0 Å². The Hall–Kier alpha value is -0.710. The molecule has 2 aliphatic rings. The molecule has 0 bridgehead atoms. The Morgan fingerprint density at radius 3 is 2.30 bits per heavy atom. The Labute approximate surface area is 119 Å². The number of halogens is 2. The highest BCUT2D eigenvalue weighted by molar-refractivity contribution is 5.79. The normalized spacial score (nSPS) is 31.6. The fraction of sp³-hybridized carbons (Fsp3) is 0.933. The molecule has 1 N–H and O–H groups in total. The summed E-state index contributed by atoms with van der Waals surface area (Å²) in [6, 6.07) is -0.00700. The van der Waals surface area contributed by atoms with Gasteiger partial charge in [-0.15, -0.1) is 0 Å². The van der Waals surface area contributed by atoms with E-state index >= 15 is 0 Å². The molecule has 1 saturated carbocycles. The second-order valence-corrected chi connectivity index (χ2v) is 7.39. The lowest BCUT2D eigenvalue weighted by atomic mass is 9.82. The van der Waals surface area contributed by atoms with Crippen LogP contribution in [0.2, 0.25) is 0 Å². The summed E-state index contributed by atoms with van der Waals surface area (Å²) in [7, 11) is 0. The molecule has 20 heavy (non-hydrogen) atoms. The molecule has 2 atom stereocenters. The molecule has 0 aromatic rings. The van der Waals surface area contributed by atoms with E-state index < -0.39 is 12.0 Å². The molecule has 1 heterocycles. The van der Waals surface area contributed by atoms with Gasteiger partial charge in [0.2, 0.25) is 11.8 Å². The van der Waals surface area contributed by atoms with Crippen LogP contribution in [0.5, 0.6) is 0 Å². The number of aliphatic hydroxyl groups excluding tert-OH is 1. The van der Waals surface area contributed by atoms with Gasteiger partial charge in [0.1, 0.15) is 0 Å². The van der Waals surface area contributed by atoms with E-state index in [0.29, 0.717) is 13.0 Å². The van der Waals surface area contributed by atoms with Crippen LogP contribution in [-0.2, 0) is 4.79 Å². The minimum Gasteiger partial charge on any atom is -0.391 e. The fourth-order valence-corrected chi connectivity index (χ4v) is 3.40. The van der Waals surface area contributed by atoms with Crippen molar-refractivity contribution < 1.29 is 18.7 Å². The number of hydrogen-bond acceptors (Lipinski definition) is 2. The third-order valence-electron chi connectivity index (χ3n) is 4.63. The summed E-state index contributed by atoms with van der Waals surface area (Å²) >= 11 is 0. The van der Waals surface area contributed by atoms with Gasteiger partial charge in [0.05, 0.1) is 6.10 Å². The second kappa shape index (κ2) is 5.24. The molecule has 0 aromatic carbocycles. The first-order valence-electron chi connectivity index (χ1n) is 7.46. The largest absolute Gasteiger partial charge is 0.391 e. The number of likely N-dealkylation sites (tertiary alicyclic amines) is 1. The number of hydrogen-bond donors (Lipinski definition) is 1. The lowest BCUT2D eigenvalue weighted by molar-refractivity contribution is -0.142. The van der Waals surface area contributed by atoms with Crippen LogP contribution >= 0.6 is 0 Å². The van der Waals surface area contributed by atoms with Gasteiger partial charge in [0.15, 0.2) is 0 Å². The molecule has 5 heteroatoms. The summed E-state index contributed by atoms with van der Waals surface area (Å²) in [5, 5.41) is 9.85. The second-order valence-electron chi connectivity index (χ2n) is 7.39. The Balaban J connectivity index is 2.05. The fourth-order valence-electron chi connectivity index (χ4n) is 3.40. The number of carbonyl (C=O) groups excluding carboxylic acids is 1. The number of alkyl halides is 2. The van der Waals surface area contributed by atoms with Gasteiger partial charge in [-0.2, -0.15) is 0 Å². The molecule has 1 aliphatic carbocycles. The number of amides is 1. The number of nitrogens with zero attached hydrogens (tertiary/aromatic N) is 1. The van der Waals surface area contributed by atoms with Gasteiger partial charge in [-0.25, -0.2) is 8.78 Å². The third kappa shape index (κ3) is 3.30. The minimum atomic E-state index is -2.61. The van der Waals surface area contributed by atoms with E-state index in [1.165, 1.54) is 0 Å². The monoisotopic (exact) mass is 289 g/mol. The predicted octanol–water partition coefficient (Wildman–Crippen LogP) is 2.82. The van der Waals surface area contributed by atoms with Crippen LogP contribution in [0, 0.1) is 11.3 Å². The smallest absolute Gasteiger partial charge is 0.248 e. The van der Waals surface area contributed by atoms with Crippen LogP contribution in [0.15, 0.2) is 0 Å². The zero-order valence-electron chi connectivity index (χ0n) is 12.5. The quantitative estimate of drug-likeness (QED) is 0.806. The Kier molecular flexibility index (Phi) is 4.11. The molecule has 0 radical (unpaired) electrons. The summed E-state index contributed by atoms with van der Waals surface area (Å²) in [5.41, 5.74) is -0.105. The van der Waals surface area contributed by atoms with Gasteiger partial charge in [-0.3, -0.25) is 4.79 Å². The van der Waals surface area contributed by atoms with E-state index in [9.17, 15) is 18.7 Å². The maximum atomic E-state index is 13.2. The Bertz CT molecular complexity index is 369. The lowest BCUT2D eigenvalue weighted by Crippen LogP contribution is -2.46. The summed E-state index contributed by atoms with van der Waals surface area (Å²) < 4.78 is 26.4. The van der Waals surface area contributed by atoms with Crippen molar-refractivity contribution in [3.63, 3.8) is 0 Å². The first-order chi connectivity index (χ1) is 9.10. The van der Waals surface area contributed by atoms with E-state index in [1.54, 1.807) is 4.90 Å². The Morgan fingerprint density at radius 2 is 1.80 bits per heavy atom. The molecule has 2 rings (SSSR count). The SMILES string of the molecule is CC(C)(C)C1C[C@H](O)CN1C(=O)C1CCC(F)(F)CC1. The number of β-amino-alcohol motifs (C(OH)–C–C–N with tert-alkyl or cyclic N) is 1. The zero-order valence-corrected chi connectivity index (χ0v) is 12.5. The molecule has 1 aliphatic heterocycles. The molecule has 2 fully saturated rings. The highest BCUT2D eigenvalue weighted by atomic mass is 19.3. The standard InChI is InChI=1S/C15H25F2NO2/c1-14(2,3)12-8-11(19)9-18(12)13(20)10-4-6-15(16,17)7-5-10/h10-12,19H,4-9H2,1-3H3/t11-,12?/m0/s1. The predicted molar refractivity (Wildman–Crippen MR) is 72.5 cm³/mol. The van der Waals surface area contributed by atoms with Gasteiger partial charge in [-0.05, 0) is 24.7 Å². The van der Waals surface area contributed by atoms with E-state index in [1.807, 2.05) is 20.8 Å². The Morgan fingerprint density at radius 1 is 1.25 bits per heavy atom. The molecule has 1 saturated heterocycles. The van der Waals surface area contributed by atoms with Crippen LogP contribution in [0.3, 0.4) is 0 Å². The average molecular weight is 289 g/mol.